The molecule has 0 saturated carbocycles. The topological polar surface area (TPSA) is 4.93 Å². The third-order valence-electron chi connectivity index (χ3n) is 9.17. The molecule has 0 amide bonds. The molecule has 9 rings (SSSR count). The van der Waals surface area contributed by atoms with E-state index in [4.69, 9.17) is 0 Å². The van der Waals surface area contributed by atoms with E-state index in [1.807, 2.05) is 0 Å². The van der Waals surface area contributed by atoms with Gasteiger partial charge in [0.2, 0.25) is 0 Å². The maximum absolute atomic E-state index is 2.42. The Morgan fingerprint density at radius 1 is 0.311 bits per heavy atom. The minimum Gasteiger partial charge on any atom is -0.309 e. The summed E-state index contributed by atoms with van der Waals surface area (Å²) >= 11 is 0. The van der Waals surface area contributed by atoms with Gasteiger partial charge in [0.25, 0.3) is 0 Å². The molecule has 9 aromatic rings. The number of hydrogen-bond donors (Lipinski definition) is 0. The van der Waals surface area contributed by atoms with Gasteiger partial charge in [0, 0.05) is 16.5 Å². The van der Waals surface area contributed by atoms with E-state index in [-0.39, 0.29) is 0 Å². The van der Waals surface area contributed by atoms with Gasteiger partial charge in [0.05, 0.1) is 11.0 Å². The number of para-hydroxylation sites is 2. The molecular formula is C44H29N. The second-order valence-electron chi connectivity index (χ2n) is 11.7. The molecular weight excluding hydrogens is 542 g/mol. The van der Waals surface area contributed by atoms with Gasteiger partial charge in [-0.05, 0) is 85.3 Å². The van der Waals surface area contributed by atoms with Crippen molar-refractivity contribution in [1.29, 1.82) is 0 Å². The first-order valence-electron chi connectivity index (χ1n) is 15.5. The van der Waals surface area contributed by atoms with E-state index < -0.39 is 0 Å². The van der Waals surface area contributed by atoms with Crippen LogP contribution in [0.25, 0.3) is 82.4 Å². The molecule has 0 radical (unpaired) electrons. The standard InChI is InChI=1S/C44H29N/c1-4-15-30(16-5-1)34-24-14-25-38-42(31-17-6-2-7-18-31)36-22-10-11-23-37(36)43(44(34)38)32-27-28-41-39(29-32)35-21-12-13-26-40(35)45(41)33-19-8-3-9-20-33/h1-29H. The van der Waals surface area contributed by atoms with Crippen LogP contribution in [0, 0.1) is 0 Å². The molecule has 0 atom stereocenters. The summed E-state index contributed by atoms with van der Waals surface area (Å²) in [6.45, 7) is 0. The Balaban J connectivity index is 1.44. The smallest absolute Gasteiger partial charge is 0.0541 e. The van der Waals surface area contributed by atoms with E-state index in [9.17, 15) is 0 Å². The molecule has 0 unspecified atom stereocenters. The number of aromatic nitrogens is 1. The summed E-state index contributed by atoms with van der Waals surface area (Å²) in [5, 5.41) is 7.60. The quantitative estimate of drug-likeness (QED) is 0.185. The second-order valence-corrected chi connectivity index (χ2v) is 11.7. The number of nitrogens with zero attached hydrogens (tertiary/aromatic N) is 1. The average Bonchev–Trinajstić information content (AvgIpc) is 3.45. The lowest BCUT2D eigenvalue weighted by Gasteiger charge is -2.20. The molecule has 1 nitrogen and oxygen atoms in total. The summed E-state index contributed by atoms with van der Waals surface area (Å²) < 4.78 is 2.39. The zero-order chi connectivity index (χ0) is 29.7. The summed E-state index contributed by atoms with van der Waals surface area (Å²) in [4.78, 5) is 0. The third kappa shape index (κ3) is 4.02. The number of hydrogen-bond acceptors (Lipinski definition) is 0. The zero-order valence-corrected chi connectivity index (χ0v) is 24.7. The van der Waals surface area contributed by atoms with Gasteiger partial charge in [-0.3, -0.25) is 0 Å². The number of fused-ring (bicyclic) bond motifs is 5. The zero-order valence-electron chi connectivity index (χ0n) is 24.7. The van der Waals surface area contributed by atoms with Gasteiger partial charge in [0.1, 0.15) is 0 Å². The lowest BCUT2D eigenvalue weighted by molar-refractivity contribution is 1.18. The highest BCUT2D eigenvalue weighted by atomic mass is 15.0. The number of benzene rings is 8. The minimum absolute atomic E-state index is 1.17. The normalized spacial score (nSPS) is 11.6. The van der Waals surface area contributed by atoms with Crippen molar-refractivity contribution >= 4 is 43.4 Å². The Morgan fingerprint density at radius 3 is 1.60 bits per heavy atom. The fourth-order valence-electron chi connectivity index (χ4n) is 7.29. The molecule has 0 aliphatic heterocycles. The minimum atomic E-state index is 1.17. The van der Waals surface area contributed by atoms with Crippen molar-refractivity contribution in [3.05, 3.63) is 176 Å². The van der Waals surface area contributed by atoms with Gasteiger partial charge in [-0.15, -0.1) is 0 Å². The van der Waals surface area contributed by atoms with Crippen LogP contribution in [0.5, 0.6) is 0 Å². The second kappa shape index (κ2) is 10.4. The molecule has 0 spiro atoms. The lowest BCUT2D eigenvalue weighted by atomic mass is 9.83. The van der Waals surface area contributed by atoms with Crippen molar-refractivity contribution in [3.8, 4) is 39.1 Å². The van der Waals surface area contributed by atoms with Crippen molar-refractivity contribution in [2.45, 2.75) is 0 Å². The van der Waals surface area contributed by atoms with Crippen LogP contribution in [-0.2, 0) is 0 Å². The largest absolute Gasteiger partial charge is 0.309 e. The molecule has 0 bridgehead atoms. The first kappa shape index (κ1) is 25.6. The van der Waals surface area contributed by atoms with Crippen LogP contribution >= 0.6 is 0 Å². The predicted molar refractivity (Wildman–Crippen MR) is 192 cm³/mol. The summed E-state index contributed by atoms with van der Waals surface area (Å²) in [7, 11) is 0. The van der Waals surface area contributed by atoms with Crippen molar-refractivity contribution in [1.82, 2.24) is 4.57 Å². The van der Waals surface area contributed by atoms with Crippen molar-refractivity contribution in [3.63, 3.8) is 0 Å². The molecule has 8 aromatic carbocycles. The van der Waals surface area contributed by atoms with Gasteiger partial charge in [-0.1, -0.05) is 146 Å². The van der Waals surface area contributed by atoms with Crippen LogP contribution in [0.2, 0.25) is 0 Å². The molecule has 45 heavy (non-hydrogen) atoms. The van der Waals surface area contributed by atoms with Gasteiger partial charge >= 0.3 is 0 Å². The summed E-state index contributed by atoms with van der Waals surface area (Å²) in [5.41, 5.74) is 11.1. The van der Waals surface area contributed by atoms with E-state index in [1.165, 1.54) is 82.4 Å². The Bertz CT molecular complexity index is 2510. The Labute approximate surface area is 262 Å². The number of rotatable bonds is 4. The van der Waals surface area contributed by atoms with Gasteiger partial charge in [-0.25, -0.2) is 0 Å². The van der Waals surface area contributed by atoms with E-state index in [0.29, 0.717) is 0 Å². The fourth-order valence-corrected chi connectivity index (χ4v) is 7.29. The monoisotopic (exact) mass is 571 g/mol. The van der Waals surface area contributed by atoms with Crippen molar-refractivity contribution < 1.29 is 0 Å². The summed E-state index contributed by atoms with van der Waals surface area (Å²) in [6, 6.07) is 63.9. The molecule has 0 aliphatic carbocycles. The molecule has 1 heteroatoms. The molecule has 0 N–H and O–H groups in total. The molecule has 1 aromatic heterocycles. The van der Waals surface area contributed by atoms with Crippen LogP contribution in [0.1, 0.15) is 0 Å². The first-order valence-corrected chi connectivity index (χ1v) is 15.5. The average molecular weight is 572 g/mol. The maximum Gasteiger partial charge on any atom is 0.0541 e. The highest BCUT2D eigenvalue weighted by molar-refractivity contribution is 6.25. The maximum atomic E-state index is 2.42. The molecule has 0 fully saturated rings. The van der Waals surface area contributed by atoms with Gasteiger partial charge in [0.15, 0.2) is 0 Å². The Kier molecular flexibility index (Phi) is 5.89. The first-order chi connectivity index (χ1) is 22.4. The van der Waals surface area contributed by atoms with E-state index in [2.05, 4.69) is 180 Å². The van der Waals surface area contributed by atoms with E-state index in [1.54, 1.807) is 0 Å². The van der Waals surface area contributed by atoms with Crippen LogP contribution in [0.4, 0.5) is 0 Å². The highest BCUT2D eigenvalue weighted by Gasteiger charge is 2.21. The van der Waals surface area contributed by atoms with Gasteiger partial charge < -0.3 is 4.57 Å². The Morgan fingerprint density at radius 2 is 0.867 bits per heavy atom. The van der Waals surface area contributed by atoms with Crippen LogP contribution < -0.4 is 0 Å². The summed E-state index contributed by atoms with van der Waals surface area (Å²) in [6.07, 6.45) is 0. The SMILES string of the molecule is c1ccc(-c2c3ccccc3c(-c3ccc4c(c3)c3ccccc3n4-c3ccccc3)c3c(-c4ccccc4)cccc23)cc1. The van der Waals surface area contributed by atoms with Crippen LogP contribution in [0.15, 0.2) is 176 Å². The lowest BCUT2D eigenvalue weighted by Crippen LogP contribution is -1.94. The molecule has 210 valence electrons. The predicted octanol–water partition coefficient (Wildman–Crippen LogP) is 12.1. The van der Waals surface area contributed by atoms with E-state index >= 15 is 0 Å². The Hall–Kier alpha value is -5.92. The van der Waals surface area contributed by atoms with Crippen molar-refractivity contribution in [2.24, 2.45) is 0 Å². The van der Waals surface area contributed by atoms with Crippen LogP contribution in [-0.4, -0.2) is 4.57 Å². The van der Waals surface area contributed by atoms with Crippen molar-refractivity contribution in [2.75, 3.05) is 0 Å². The van der Waals surface area contributed by atoms with Crippen LogP contribution in [0.3, 0.4) is 0 Å². The molecule has 0 saturated heterocycles. The highest BCUT2D eigenvalue weighted by Crippen LogP contribution is 2.47. The van der Waals surface area contributed by atoms with E-state index in [0.717, 1.165) is 0 Å². The third-order valence-corrected chi connectivity index (χ3v) is 9.17. The van der Waals surface area contributed by atoms with Gasteiger partial charge in [-0.2, -0.15) is 0 Å². The molecule has 0 aliphatic rings. The molecule has 1 heterocycles. The fraction of sp³-hybridized carbons (Fsp3) is 0. The summed E-state index contributed by atoms with van der Waals surface area (Å²) in [5.74, 6) is 0.